The van der Waals surface area contributed by atoms with Crippen LogP contribution in [0.2, 0.25) is 0 Å². The number of benzene rings is 2. The van der Waals surface area contributed by atoms with Crippen molar-refractivity contribution in [3.63, 3.8) is 0 Å². The first kappa shape index (κ1) is 30.6. The fraction of sp³-hybridized carbons (Fsp3) is 0.467. The topological polar surface area (TPSA) is 138 Å². The summed E-state index contributed by atoms with van der Waals surface area (Å²) in [6, 6.07) is 15.2. The summed E-state index contributed by atoms with van der Waals surface area (Å²) in [5.74, 6) is 0.131. The van der Waals surface area contributed by atoms with Gasteiger partial charge in [0.1, 0.15) is 11.3 Å². The monoisotopic (exact) mass is 551 g/mol. The number of rotatable bonds is 12. The number of methoxy groups -OCH3 is 2. The maximum Gasteiger partial charge on any atom is 0.416 e. The van der Waals surface area contributed by atoms with Crippen molar-refractivity contribution in [2.45, 2.75) is 64.1 Å². The lowest BCUT2D eigenvalue weighted by Crippen LogP contribution is -2.51. The predicted octanol–water partition coefficient (Wildman–Crippen LogP) is 3.64. The highest BCUT2D eigenvalue weighted by Crippen LogP contribution is 2.35. The molecule has 3 amide bonds. The number of hydrogen-bond donors (Lipinski definition) is 3. The Morgan fingerprint density at radius 3 is 2.35 bits per heavy atom. The summed E-state index contributed by atoms with van der Waals surface area (Å²) < 4.78 is 10.3. The maximum atomic E-state index is 13.7. The number of ether oxygens (including phenoxy) is 2. The first-order valence-electron chi connectivity index (χ1n) is 13.6. The van der Waals surface area contributed by atoms with E-state index in [1.54, 1.807) is 20.1 Å². The van der Waals surface area contributed by atoms with Crippen LogP contribution in [-0.2, 0) is 26.3 Å². The Labute approximate surface area is 236 Å². The Morgan fingerprint density at radius 2 is 1.73 bits per heavy atom. The van der Waals surface area contributed by atoms with Crippen LogP contribution in [0.3, 0.4) is 0 Å². The highest BCUT2D eigenvalue weighted by molar-refractivity contribution is 6.08. The molecule has 0 saturated carbocycles. The molecule has 1 saturated heterocycles. The number of amides is 3. The zero-order valence-electron chi connectivity index (χ0n) is 24.0. The molecule has 40 heavy (non-hydrogen) atoms. The van der Waals surface area contributed by atoms with E-state index in [4.69, 9.17) is 20.6 Å². The van der Waals surface area contributed by atoms with Crippen molar-refractivity contribution in [1.29, 1.82) is 5.41 Å². The summed E-state index contributed by atoms with van der Waals surface area (Å²) in [5, 5.41) is 11.7. The van der Waals surface area contributed by atoms with Crippen LogP contribution < -0.4 is 15.8 Å². The second-order valence-corrected chi connectivity index (χ2v) is 10.6. The lowest BCUT2D eigenvalue weighted by molar-refractivity contribution is -0.133. The molecule has 4 N–H and O–H groups in total. The predicted molar refractivity (Wildman–Crippen MR) is 153 cm³/mol. The van der Waals surface area contributed by atoms with E-state index in [2.05, 4.69) is 5.32 Å². The van der Waals surface area contributed by atoms with Gasteiger partial charge in [-0.2, -0.15) is 0 Å². The minimum absolute atomic E-state index is 0.0434. The van der Waals surface area contributed by atoms with Gasteiger partial charge in [-0.05, 0) is 49.3 Å². The Bertz CT molecular complexity index is 1200. The molecule has 3 atom stereocenters. The second kappa shape index (κ2) is 13.4. The van der Waals surface area contributed by atoms with Crippen LogP contribution in [0.5, 0.6) is 5.75 Å². The van der Waals surface area contributed by atoms with Gasteiger partial charge in [-0.25, -0.2) is 9.69 Å². The second-order valence-electron chi connectivity index (χ2n) is 10.6. The average Bonchev–Trinajstić information content (AvgIpc) is 3.18. The molecular weight excluding hydrogens is 510 g/mol. The number of para-hydroxylation sites is 1. The van der Waals surface area contributed by atoms with Gasteiger partial charge in [0, 0.05) is 19.0 Å². The quantitative estimate of drug-likeness (QED) is 0.366. The molecule has 0 bridgehead atoms. The largest absolute Gasteiger partial charge is 0.496 e. The minimum Gasteiger partial charge on any atom is -0.496 e. The first-order chi connectivity index (χ1) is 19.0. The summed E-state index contributed by atoms with van der Waals surface area (Å²) in [6.45, 7) is 6.10. The van der Waals surface area contributed by atoms with Crippen LogP contribution in [0.1, 0.15) is 51.2 Å². The molecule has 10 heteroatoms. The third kappa shape index (κ3) is 6.62. The van der Waals surface area contributed by atoms with Gasteiger partial charge >= 0.3 is 6.09 Å². The fourth-order valence-corrected chi connectivity index (χ4v) is 5.29. The Hall–Kier alpha value is -3.92. The number of carbonyl (C=O) groups is 3. The molecule has 2 aromatic carbocycles. The Balaban J connectivity index is 1.69. The van der Waals surface area contributed by atoms with E-state index in [1.165, 1.54) is 12.0 Å². The standard InChI is InChI=1S/C30H41N5O5/c1-20(2)19-30(23-14-7-6-8-15-23)27(37)34(28(32)33-30)17-11-12-21(3)35(29(38)40-5)26(36)24(31)18-22-13-9-10-16-25(22)39-4/h6-10,13-16,20-21,24H,11-12,17-19,31H2,1-5H3,(H2,32,33)/t21?,24-,30?/m0/s1. The number of guanidine groups is 1. The molecule has 1 fully saturated rings. The SMILES string of the molecule is COC(=O)N(C(=O)[C@@H](N)Cc1ccccc1OC)C(C)CCCN1C(=N)NC(CC(C)C)(c2ccccc2)C1=O. The van der Waals surface area contributed by atoms with Gasteiger partial charge in [-0.15, -0.1) is 0 Å². The molecule has 2 aromatic rings. The van der Waals surface area contributed by atoms with Crippen molar-refractivity contribution in [2.24, 2.45) is 11.7 Å². The van der Waals surface area contributed by atoms with Crippen molar-refractivity contribution in [3.8, 4) is 5.75 Å². The minimum atomic E-state index is -1.00. The molecule has 0 aromatic heterocycles. The molecule has 10 nitrogen and oxygen atoms in total. The van der Waals surface area contributed by atoms with E-state index >= 15 is 0 Å². The summed E-state index contributed by atoms with van der Waals surface area (Å²) in [5.41, 5.74) is 6.82. The third-order valence-corrected chi connectivity index (χ3v) is 7.20. The lowest BCUT2D eigenvalue weighted by atomic mass is 9.82. The lowest BCUT2D eigenvalue weighted by Gasteiger charge is -2.30. The van der Waals surface area contributed by atoms with E-state index in [0.717, 1.165) is 16.0 Å². The van der Waals surface area contributed by atoms with Gasteiger partial charge in [-0.3, -0.25) is 19.9 Å². The zero-order valence-corrected chi connectivity index (χ0v) is 24.0. The molecule has 3 rings (SSSR count). The highest BCUT2D eigenvalue weighted by Gasteiger charge is 2.50. The van der Waals surface area contributed by atoms with Crippen LogP contribution in [0.4, 0.5) is 4.79 Å². The van der Waals surface area contributed by atoms with Crippen LogP contribution >= 0.6 is 0 Å². The number of nitrogens with zero attached hydrogens (tertiary/aromatic N) is 2. The molecule has 0 spiro atoms. The van der Waals surface area contributed by atoms with Crippen LogP contribution in [0.15, 0.2) is 54.6 Å². The van der Waals surface area contributed by atoms with Gasteiger partial charge in [0.15, 0.2) is 5.96 Å². The fourth-order valence-electron chi connectivity index (χ4n) is 5.29. The van der Waals surface area contributed by atoms with E-state index in [-0.39, 0.29) is 30.8 Å². The number of hydrogen-bond acceptors (Lipinski definition) is 7. The maximum absolute atomic E-state index is 13.7. The molecule has 2 unspecified atom stereocenters. The zero-order chi connectivity index (χ0) is 29.4. The number of nitrogens with one attached hydrogen (secondary N) is 2. The molecular formula is C30H41N5O5. The van der Waals surface area contributed by atoms with E-state index in [1.807, 2.05) is 62.4 Å². The van der Waals surface area contributed by atoms with E-state index in [9.17, 15) is 14.4 Å². The van der Waals surface area contributed by atoms with Crippen molar-refractivity contribution >= 4 is 23.9 Å². The normalized spacial score (nSPS) is 18.3. The molecule has 1 aliphatic heterocycles. The van der Waals surface area contributed by atoms with Crippen LogP contribution in [-0.4, -0.2) is 66.5 Å². The smallest absolute Gasteiger partial charge is 0.416 e. The third-order valence-electron chi connectivity index (χ3n) is 7.20. The Kier molecular flexibility index (Phi) is 10.3. The van der Waals surface area contributed by atoms with Crippen LogP contribution in [0.25, 0.3) is 0 Å². The van der Waals surface area contributed by atoms with Crippen molar-refractivity contribution in [3.05, 3.63) is 65.7 Å². The van der Waals surface area contributed by atoms with Crippen molar-refractivity contribution in [2.75, 3.05) is 20.8 Å². The van der Waals surface area contributed by atoms with Gasteiger partial charge in [0.05, 0.1) is 20.3 Å². The number of imide groups is 1. The highest BCUT2D eigenvalue weighted by atomic mass is 16.5. The summed E-state index contributed by atoms with van der Waals surface area (Å²) in [4.78, 5) is 42.2. The van der Waals surface area contributed by atoms with E-state index < -0.39 is 29.6 Å². The number of nitrogens with two attached hydrogens (primary N) is 1. The molecule has 1 aliphatic rings. The van der Waals surface area contributed by atoms with Crippen molar-refractivity contribution < 1.29 is 23.9 Å². The van der Waals surface area contributed by atoms with Crippen molar-refractivity contribution in [1.82, 2.24) is 15.1 Å². The van der Waals surface area contributed by atoms with E-state index in [0.29, 0.717) is 25.0 Å². The molecule has 0 radical (unpaired) electrons. The van der Waals surface area contributed by atoms with Gasteiger partial charge in [0.25, 0.3) is 5.91 Å². The van der Waals surface area contributed by atoms with Gasteiger partial charge in [-0.1, -0.05) is 62.4 Å². The number of carbonyl (C=O) groups excluding carboxylic acids is 3. The van der Waals surface area contributed by atoms with Gasteiger partial charge < -0.3 is 20.5 Å². The summed E-state index contributed by atoms with van der Waals surface area (Å²) >= 11 is 0. The summed E-state index contributed by atoms with van der Waals surface area (Å²) in [6.07, 6.45) is 0.777. The molecule has 0 aliphatic carbocycles. The Morgan fingerprint density at radius 1 is 1.07 bits per heavy atom. The first-order valence-corrected chi connectivity index (χ1v) is 13.6. The molecule has 216 valence electrons. The molecule has 1 heterocycles. The van der Waals surface area contributed by atoms with Gasteiger partial charge in [0.2, 0.25) is 5.91 Å². The van der Waals surface area contributed by atoms with Crippen LogP contribution in [0, 0.1) is 11.3 Å². The summed E-state index contributed by atoms with van der Waals surface area (Å²) in [7, 11) is 2.76. The average molecular weight is 552 g/mol.